The molecule has 0 saturated heterocycles. The number of furan rings is 2. The first-order valence-corrected chi connectivity index (χ1v) is 7.37. The third kappa shape index (κ3) is 2.55. The lowest BCUT2D eigenvalue weighted by Crippen LogP contribution is -2.30. The van der Waals surface area contributed by atoms with E-state index in [1.54, 1.807) is 18.0 Å². The molecule has 0 aliphatic rings. The Morgan fingerprint density at radius 3 is 2.86 bits per heavy atom. The summed E-state index contributed by atoms with van der Waals surface area (Å²) < 4.78 is 11.1. The molecule has 108 valence electrons. The Morgan fingerprint density at radius 1 is 1.33 bits per heavy atom. The fourth-order valence-electron chi connectivity index (χ4n) is 2.19. The number of amides is 1. The van der Waals surface area contributed by atoms with Crippen molar-refractivity contribution in [3.63, 3.8) is 0 Å². The second-order valence-electron chi connectivity index (χ2n) is 4.50. The van der Waals surface area contributed by atoms with Gasteiger partial charge in [0, 0.05) is 10.3 Å². The van der Waals surface area contributed by atoms with Crippen LogP contribution in [0.5, 0.6) is 0 Å². The van der Waals surface area contributed by atoms with Gasteiger partial charge in [0.1, 0.15) is 17.1 Å². The molecule has 0 fully saturated rings. The molecule has 3 aromatic rings. The van der Waals surface area contributed by atoms with Crippen molar-refractivity contribution >= 4 is 28.6 Å². The highest BCUT2D eigenvalue weighted by Gasteiger charge is 2.20. The van der Waals surface area contributed by atoms with E-state index >= 15 is 0 Å². The smallest absolute Gasteiger partial charge is 0.269 e. The summed E-state index contributed by atoms with van der Waals surface area (Å²) in [5.74, 6) is 6.90. The Kier molecular flexibility index (Phi) is 3.72. The molecular formula is C15H14N2O3S. The normalized spacial score (nSPS) is 11.0. The second-order valence-corrected chi connectivity index (χ2v) is 5.52. The first-order chi connectivity index (χ1) is 10.2. The van der Waals surface area contributed by atoms with E-state index in [1.165, 1.54) is 0 Å². The molecule has 2 heterocycles. The van der Waals surface area contributed by atoms with Crippen LogP contribution in [-0.2, 0) is 5.75 Å². The topological polar surface area (TPSA) is 81.4 Å². The van der Waals surface area contributed by atoms with Gasteiger partial charge in [0.15, 0.2) is 0 Å². The fraction of sp³-hybridized carbons (Fsp3) is 0.133. The molecule has 21 heavy (non-hydrogen) atoms. The minimum absolute atomic E-state index is 0.348. The second kappa shape index (κ2) is 5.67. The number of fused-ring (bicyclic) bond motifs is 1. The minimum atomic E-state index is -0.348. The molecule has 0 spiro atoms. The Labute approximate surface area is 125 Å². The van der Waals surface area contributed by atoms with E-state index in [0.717, 1.165) is 16.0 Å². The first-order valence-electron chi connectivity index (χ1n) is 6.39. The highest BCUT2D eigenvalue weighted by atomic mass is 32.2. The predicted octanol–water partition coefficient (Wildman–Crippen LogP) is 3.23. The molecule has 1 aromatic carbocycles. The lowest BCUT2D eigenvalue weighted by atomic mass is 10.1. The average Bonchev–Trinajstić information content (AvgIpc) is 3.07. The van der Waals surface area contributed by atoms with Crippen molar-refractivity contribution in [1.29, 1.82) is 0 Å². The van der Waals surface area contributed by atoms with Crippen LogP contribution in [0.4, 0.5) is 0 Å². The van der Waals surface area contributed by atoms with Crippen LogP contribution < -0.4 is 11.3 Å². The molecular weight excluding hydrogens is 288 g/mol. The van der Waals surface area contributed by atoms with Gasteiger partial charge < -0.3 is 8.83 Å². The van der Waals surface area contributed by atoms with Gasteiger partial charge in [-0.1, -0.05) is 18.2 Å². The zero-order valence-electron chi connectivity index (χ0n) is 11.4. The summed E-state index contributed by atoms with van der Waals surface area (Å²) in [5, 5.41) is 0.764. The van der Waals surface area contributed by atoms with Gasteiger partial charge in [-0.05, 0) is 19.1 Å². The van der Waals surface area contributed by atoms with Crippen LogP contribution in [0.3, 0.4) is 0 Å². The molecule has 3 N–H and O–H groups in total. The van der Waals surface area contributed by atoms with Crippen LogP contribution in [0.15, 0.2) is 50.3 Å². The van der Waals surface area contributed by atoms with Crippen molar-refractivity contribution in [2.24, 2.45) is 5.84 Å². The SMILES string of the molecule is Cc1occc1SCc1oc2ccccc2c1C(=O)NN. The van der Waals surface area contributed by atoms with Gasteiger partial charge in [-0.15, -0.1) is 11.8 Å². The van der Waals surface area contributed by atoms with Crippen molar-refractivity contribution in [2.75, 3.05) is 0 Å². The quantitative estimate of drug-likeness (QED) is 0.335. The van der Waals surface area contributed by atoms with Gasteiger partial charge in [0.05, 0.1) is 17.6 Å². The molecule has 3 rings (SSSR count). The number of nitrogens with two attached hydrogens (primary N) is 1. The van der Waals surface area contributed by atoms with Crippen molar-refractivity contribution < 1.29 is 13.6 Å². The largest absolute Gasteiger partial charge is 0.468 e. The first kappa shape index (κ1) is 13.8. The minimum Gasteiger partial charge on any atom is -0.468 e. The van der Waals surface area contributed by atoms with Gasteiger partial charge in [0.25, 0.3) is 5.91 Å². The molecule has 0 radical (unpaired) electrons. The van der Waals surface area contributed by atoms with Crippen molar-refractivity contribution in [1.82, 2.24) is 5.43 Å². The number of hydrogen-bond donors (Lipinski definition) is 2. The third-order valence-electron chi connectivity index (χ3n) is 3.20. The molecule has 2 aromatic heterocycles. The van der Waals surface area contributed by atoms with E-state index in [2.05, 4.69) is 5.43 Å². The number of carbonyl (C=O) groups is 1. The van der Waals surface area contributed by atoms with E-state index in [4.69, 9.17) is 14.7 Å². The fourth-order valence-corrected chi connectivity index (χ4v) is 3.08. The standard InChI is InChI=1S/C15H14N2O3S/c1-9-13(6-7-19-9)21-8-12-14(15(18)17-16)10-4-2-3-5-11(10)20-12/h2-7H,8,16H2,1H3,(H,17,18). The summed E-state index contributed by atoms with van der Waals surface area (Å²) >= 11 is 1.56. The van der Waals surface area contributed by atoms with Crippen LogP contribution in [0.25, 0.3) is 11.0 Å². The monoisotopic (exact) mass is 302 g/mol. The predicted molar refractivity (Wildman–Crippen MR) is 80.9 cm³/mol. The number of aryl methyl sites for hydroxylation is 1. The number of nitrogen functional groups attached to an aromatic ring is 1. The Hall–Kier alpha value is -2.18. The van der Waals surface area contributed by atoms with E-state index in [1.807, 2.05) is 37.3 Å². The summed E-state index contributed by atoms with van der Waals surface area (Å²) in [5.41, 5.74) is 3.34. The summed E-state index contributed by atoms with van der Waals surface area (Å²) in [6.07, 6.45) is 1.64. The number of benzene rings is 1. The van der Waals surface area contributed by atoms with Gasteiger partial charge in [0.2, 0.25) is 0 Å². The third-order valence-corrected chi connectivity index (χ3v) is 4.34. The molecule has 0 atom stereocenters. The van der Waals surface area contributed by atoms with Crippen molar-refractivity contribution in [3.8, 4) is 0 Å². The number of para-hydroxylation sites is 1. The highest BCUT2D eigenvalue weighted by molar-refractivity contribution is 7.98. The van der Waals surface area contributed by atoms with E-state index in [9.17, 15) is 4.79 Å². The molecule has 0 aliphatic carbocycles. The highest BCUT2D eigenvalue weighted by Crippen LogP contribution is 2.32. The number of hydrazine groups is 1. The van der Waals surface area contributed by atoms with Gasteiger partial charge in [-0.25, -0.2) is 5.84 Å². The van der Waals surface area contributed by atoms with Crippen LogP contribution in [-0.4, -0.2) is 5.91 Å². The maximum Gasteiger partial charge on any atom is 0.269 e. The number of thioether (sulfide) groups is 1. The number of carbonyl (C=O) groups excluding carboxylic acids is 1. The molecule has 0 saturated carbocycles. The Morgan fingerprint density at radius 2 is 2.14 bits per heavy atom. The molecule has 0 bridgehead atoms. The van der Waals surface area contributed by atoms with Crippen LogP contribution in [0, 0.1) is 6.92 Å². The molecule has 6 heteroatoms. The Bertz CT molecular complexity index is 791. The maximum absolute atomic E-state index is 12.0. The van der Waals surface area contributed by atoms with Crippen molar-refractivity contribution in [3.05, 3.63) is 53.7 Å². The van der Waals surface area contributed by atoms with Crippen LogP contribution in [0.1, 0.15) is 21.9 Å². The molecule has 0 unspecified atom stereocenters. The molecule has 1 amide bonds. The Balaban J connectivity index is 1.97. The summed E-state index contributed by atoms with van der Waals surface area (Å²) in [7, 11) is 0. The lowest BCUT2D eigenvalue weighted by Gasteiger charge is -2.01. The van der Waals surface area contributed by atoms with Crippen LogP contribution >= 0.6 is 11.8 Å². The summed E-state index contributed by atoms with van der Waals surface area (Å²) in [4.78, 5) is 13.0. The van der Waals surface area contributed by atoms with E-state index < -0.39 is 0 Å². The number of hydrogen-bond acceptors (Lipinski definition) is 5. The zero-order valence-corrected chi connectivity index (χ0v) is 12.2. The van der Waals surface area contributed by atoms with Gasteiger partial charge in [-0.3, -0.25) is 10.2 Å². The number of nitrogens with one attached hydrogen (secondary N) is 1. The van der Waals surface area contributed by atoms with E-state index in [-0.39, 0.29) is 5.91 Å². The van der Waals surface area contributed by atoms with Crippen molar-refractivity contribution in [2.45, 2.75) is 17.6 Å². The van der Waals surface area contributed by atoms with Gasteiger partial charge in [-0.2, -0.15) is 0 Å². The summed E-state index contributed by atoms with van der Waals surface area (Å²) in [6, 6.07) is 9.31. The zero-order chi connectivity index (χ0) is 14.8. The average molecular weight is 302 g/mol. The lowest BCUT2D eigenvalue weighted by molar-refractivity contribution is 0.0953. The molecule has 5 nitrogen and oxygen atoms in total. The summed E-state index contributed by atoms with van der Waals surface area (Å²) in [6.45, 7) is 1.90. The maximum atomic E-state index is 12.0. The van der Waals surface area contributed by atoms with E-state index in [0.29, 0.717) is 22.7 Å². The van der Waals surface area contributed by atoms with Crippen LogP contribution in [0.2, 0.25) is 0 Å². The molecule has 0 aliphatic heterocycles. The van der Waals surface area contributed by atoms with Gasteiger partial charge >= 0.3 is 0 Å². The number of rotatable bonds is 4.